The second-order valence-corrected chi connectivity index (χ2v) is 6.04. The molecule has 1 aromatic heterocycles. The standard InChI is InChI=1S/C10H10BrN3O2S/c1-14-6-5-10(12-14)13-17(15,16)9-4-2-3-8(11)7-9/h2-7H,1H3,(H,12,13). The van der Waals surface area contributed by atoms with E-state index in [9.17, 15) is 8.42 Å². The molecule has 2 rings (SSSR count). The number of anilines is 1. The Labute approximate surface area is 108 Å². The Hall–Kier alpha value is -1.34. The van der Waals surface area contributed by atoms with Crippen molar-refractivity contribution in [3.63, 3.8) is 0 Å². The molecule has 5 nitrogen and oxygen atoms in total. The zero-order valence-electron chi connectivity index (χ0n) is 8.96. The summed E-state index contributed by atoms with van der Waals surface area (Å²) in [5.41, 5.74) is 0. The largest absolute Gasteiger partial charge is 0.274 e. The molecular weight excluding hydrogens is 306 g/mol. The maximum absolute atomic E-state index is 12.0. The number of halogens is 1. The average molecular weight is 316 g/mol. The molecule has 0 bridgehead atoms. The van der Waals surface area contributed by atoms with Gasteiger partial charge in [-0.2, -0.15) is 5.10 Å². The molecule has 0 radical (unpaired) electrons. The third-order valence-corrected chi connectivity index (χ3v) is 3.90. The lowest BCUT2D eigenvalue weighted by molar-refractivity contribution is 0.601. The van der Waals surface area contributed by atoms with E-state index in [0.29, 0.717) is 10.3 Å². The van der Waals surface area contributed by atoms with Crippen molar-refractivity contribution in [3.05, 3.63) is 41.0 Å². The summed E-state index contributed by atoms with van der Waals surface area (Å²) in [6.45, 7) is 0. The van der Waals surface area contributed by atoms with Crippen LogP contribution < -0.4 is 4.72 Å². The number of rotatable bonds is 3. The number of sulfonamides is 1. The lowest BCUT2D eigenvalue weighted by Gasteiger charge is -2.05. The summed E-state index contributed by atoms with van der Waals surface area (Å²) in [5, 5.41) is 3.96. The molecule has 0 atom stereocenters. The first-order valence-electron chi connectivity index (χ1n) is 4.75. The number of benzene rings is 1. The molecule has 7 heteroatoms. The summed E-state index contributed by atoms with van der Waals surface area (Å²) in [5.74, 6) is 0.299. The van der Waals surface area contributed by atoms with Crippen molar-refractivity contribution in [2.45, 2.75) is 4.90 Å². The number of aromatic nitrogens is 2. The second-order valence-electron chi connectivity index (χ2n) is 3.44. The van der Waals surface area contributed by atoms with Crippen LogP contribution in [-0.2, 0) is 17.1 Å². The van der Waals surface area contributed by atoms with E-state index in [1.807, 2.05) is 0 Å². The van der Waals surface area contributed by atoms with Crippen LogP contribution in [0.1, 0.15) is 0 Å². The topological polar surface area (TPSA) is 64.0 Å². The maximum Gasteiger partial charge on any atom is 0.263 e. The molecule has 90 valence electrons. The van der Waals surface area contributed by atoms with Crippen molar-refractivity contribution in [3.8, 4) is 0 Å². The number of nitrogens with zero attached hydrogens (tertiary/aromatic N) is 2. The van der Waals surface area contributed by atoms with Gasteiger partial charge in [-0.15, -0.1) is 0 Å². The van der Waals surface area contributed by atoms with E-state index in [1.165, 1.54) is 16.8 Å². The average Bonchev–Trinajstić information content (AvgIpc) is 2.63. The van der Waals surface area contributed by atoms with Crippen LogP contribution in [0.15, 0.2) is 45.9 Å². The number of nitrogens with one attached hydrogen (secondary N) is 1. The third kappa shape index (κ3) is 2.86. The third-order valence-electron chi connectivity index (χ3n) is 2.06. The van der Waals surface area contributed by atoms with Crippen molar-refractivity contribution in [2.24, 2.45) is 7.05 Å². The van der Waals surface area contributed by atoms with Gasteiger partial charge < -0.3 is 0 Å². The highest BCUT2D eigenvalue weighted by Gasteiger charge is 2.15. The Morgan fingerprint density at radius 3 is 2.71 bits per heavy atom. The summed E-state index contributed by atoms with van der Waals surface area (Å²) < 4.78 is 28.6. The molecule has 1 N–H and O–H groups in total. The summed E-state index contributed by atoms with van der Waals surface area (Å²) >= 11 is 3.23. The van der Waals surface area contributed by atoms with Gasteiger partial charge in [0.05, 0.1) is 4.90 Å². The van der Waals surface area contributed by atoms with Gasteiger partial charge in [0.15, 0.2) is 5.82 Å². The molecule has 0 amide bonds. The van der Waals surface area contributed by atoms with Gasteiger partial charge in [-0.05, 0) is 18.2 Å². The van der Waals surface area contributed by atoms with E-state index in [0.717, 1.165) is 0 Å². The molecule has 0 aliphatic rings. The second kappa shape index (κ2) is 4.50. The molecule has 0 unspecified atom stereocenters. The Morgan fingerprint density at radius 1 is 1.35 bits per heavy atom. The zero-order valence-corrected chi connectivity index (χ0v) is 11.4. The molecule has 2 aromatic rings. The minimum absolute atomic E-state index is 0.192. The van der Waals surface area contributed by atoms with Crippen molar-refractivity contribution in [1.29, 1.82) is 0 Å². The molecule has 0 saturated carbocycles. The first-order valence-corrected chi connectivity index (χ1v) is 7.03. The van der Waals surface area contributed by atoms with Crippen LogP contribution in [-0.4, -0.2) is 18.2 Å². The van der Waals surface area contributed by atoms with Gasteiger partial charge in [-0.25, -0.2) is 8.42 Å². The first kappa shape index (κ1) is 12.1. The fraction of sp³-hybridized carbons (Fsp3) is 0.100. The zero-order chi connectivity index (χ0) is 12.5. The van der Waals surface area contributed by atoms with Crippen LogP contribution in [0.5, 0.6) is 0 Å². The smallest absolute Gasteiger partial charge is 0.263 e. The molecule has 0 aliphatic heterocycles. The summed E-state index contributed by atoms with van der Waals surface area (Å²) in [6.07, 6.45) is 1.67. The minimum atomic E-state index is -3.58. The monoisotopic (exact) mass is 315 g/mol. The molecule has 0 spiro atoms. The van der Waals surface area contributed by atoms with Crippen molar-refractivity contribution < 1.29 is 8.42 Å². The number of aryl methyl sites for hydroxylation is 1. The molecule has 0 saturated heterocycles. The fourth-order valence-electron chi connectivity index (χ4n) is 1.30. The van der Waals surface area contributed by atoms with Crippen molar-refractivity contribution in [2.75, 3.05) is 4.72 Å². The van der Waals surface area contributed by atoms with Crippen molar-refractivity contribution in [1.82, 2.24) is 9.78 Å². The highest BCUT2D eigenvalue weighted by Crippen LogP contribution is 2.18. The van der Waals surface area contributed by atoms with Crippen LogP contribution >= 0.6 is 15.9 Å². The molecule has 1 heterocycles. The first-order chi connectivity index (χ1) is 7.97. The van der Waals surface area contributed by atoms with E-state index in [4.69, 9.17) is 0 Å². The lowest BCUT2D eigenvalue weighted by atomic mass is 10.4. The van der Waals surface area contributed by atoms with E-state index in [-0.39, 0.29) is 4.90 Å². The summed E-state index contributed by atoms with van der Waals surface area (Å²) in [6, 6.07) is 8.08. The van der Waals surface area contributed by atoms with Gasteiger partial charge in [0.2, 0.25) is 0 Å². The highest BCUT2D eigenvalue weighted by molar-refractivity contribution is 9.10. The Kier molecular flexibility index (Phi) is 3.21. The van der Waals surface area contributed by atoms with E-state index in [1.54, 1.807) is 31.4 Å². The van der Waals surface area contributed by atoms with E-state index >= 15 is 0 Å². The van der Waals surface area contributed by atoms with Gasteiger partial charge in [-0.3, -0.25) is 9.40 Å². The normalized spacial score (nSPS) is 11.4. The van der Waals surface area contributed by atoms with Crippen LogP contribution in [0.4, 0.5) is 5.82 Å². The van der Waals surface area contributed by atoms with Crippen LogP contribution in [0, 0.1) is 0 Å². The van der Waals surface area contributed by atoms with Gasteiger partial charge in [-0.1, -0.05) is 22.0 Å². The van der Waals surface area contributed by atoms with Gasteiger partial charge in [0, 0.05) is 23.8 Å². The highest BCUT2D eigenvalue weighted by atomic mass is 79.9. The predicted octanol–water partition coefficient (Wildman–Crippen LogP) is 1.98. The van der Waals surface area contributed by atoms with Crippen molar-refractivity contribution >= 4 is 31.8 Å². The van der Waals surface area contributed by atoms with Gasteiger partial charge >= 0.3 is 0 Å². The van der Waals surface area contributed by atoms with E-state index in [2.05, 4.69) is 25.8 Å². The molecule has 17 heavy (non-hydrogen) atoms. The Balaban J connectivity index is 2.31. The quantitative estimate of drug-likeness (QED) is 0.942. The molecular formula is C10H10BrN3O2S. The summed E-state index contributed by atoms with van der Waals surface area (Å²) in [7, 11) is -1.86. The number of hydrogen-bond donors (Lipinski definition) is 1. The maximum atomic E-state index is 12.0. The molecule has 1 aromatic carbocycles. The van der Waals surface area contributed by atoms with E-state index < -0.39 is 10.0 Å². The van der Waals surface area contributed by atoms with Crippen LogP contribution in [0.25, 0.3) is 0 Å². The lowest BCUT2D eigenvalue weighted by Crippen LogP contribution is -2.13. The number of hydrogen-bond acceptors (Lipinski definition) is 3. The Morgan fingerprint density at radius 2 is 2.12 bits per heavy atom. The van der Waals surface area contributed by atoms with Gasteiger partial charge in [0.1, 0.15) is 0 Å². The van der Waals surface area contributed by atoms with Gasteiger partial charge in [0.25, 0.3) is 10.0 Å². The molecule has 0 fully saturated rings. The SMILES string of the molecule is Cn1ccc(NS(=O)(=O)c2cccc(Br)c2)n1. The van der Waals surface area contributed by atoms with Crippen LogP contribution in [0.3, 0.4) is 0 Å². The predicted molar refractivity (Wildman–Crippen MR) is 68.2 cm³/mol. The summed E-state index contributed by atoms with van der Waals surface area (Å²) in [4.78, 5) is 0.192. The fourth-order valence-corrected chi connectivity index (χ4v) is 2.89. The minimum Gasteiger partial charge on any atom is -0.274 e. The van der Waals surface area contributed by atoms with Crippen LogP contribution in [0.2, 0.25) is 0 Å². The molecule has 0 aliphatic carbocycles. The Bertz CT molecular complexity index is 637.